The van der Waals surface area contributed by atoms with Gasteiger partial charge in [-0.05, 0) is 33.1 Å². The van der Waals surface area contributed by atoms with Gasteiger partial charge >= 0.3 is 0 Å². The first-order chi connectivity index (χ1) is 10.7. The maximum Gasteiger partial charge on any atom is 0.277 e. The van der Waals surface area contributed by atoms with Gasteiger partial charge in [0.2, 0.25) is 0 Å². The fourth-order valence-electron chi connectivity index (χ4n) is 2.44. The molecule has 0 bridgehead atoms. The van der Waals surface area contributed by atoms with E-state index in [4.69, 9.17) is 0 Å². The Labute approximate surface area is 136 Å². The van der Waals surface area contributed by atoms with E-state index in [1.54, 1.807) is 12.1 Å². The van der Waals surface area contributed by atoms with Crippen LogP contribution in [-0.2, 0) is 0 Å². The van der Waals surface area contributed by atoms with Crippen LogP contribution in [0.15, 0.2) is 77.3 Å². The van der Waals surface area contributed by atoms with Gasteiger partial charge in [-0.3, -0.25) is 10.1 Å². The number of para-hydroxylation sites is 1. The summed E-state index contributed by atoms with van der Waals surface area (Å²) in [6, 6.07) is 22.5. The number of halogens is 1. The summed E-state index contributed by atoms with van der Waals surface area (Å²) >= 11 is 3.62. The smallest absolute Gasteiger partial charge is 0.258 e. The molecule has 0 saturated carbocycles. The van der Waals surface area contributed by atoms with E-state index in [-0.39, 0.29) is 10.6 Å². The number of hydrogen-bond donors (Lipinski definition) is 0. The average Bonchev–Trinajstić information content (AvgIpc) is 2.56. The molecule has 0 radical (unpaired) electrons. The Bertz CT molecular complexity index is 832. The molecule has 0 heterocycles. The zero-order chi connectivity index (χ0) is 15.5. The van der Waals surface area contributed by atoms with Crippen molar-refractivity contribution >= 4 is 21.6 Å². The Hall–Kier alpha value is -2.46. The number of hydrogen-bond acceptors (Lipinski definition) is 2. The molecule has 4 heteroatoms. The predicted octanol–water partition coefficient (Wildman–Crippen LogP) is 5.69. The SMILES string of the molecule is O=[N+]([O-])c1ccccc1-c1cccc(-c2ccccc2)c1Br. The summed E-state index contributed by atoms with van der Waals surface area (Å²) in [5.74, 6) is 0. The van der Waals surface area contributed by atoms with Crippen molar-refractivity contribution in [1.29, 1.82) is 0 Å². The van der Waals surface area contributed by atoms with Gasteiger partial charge in [0.25, 0.3) is 5.69 Å². The first-order valence-corrected chi connectivity index (χ1v) is 7.55. The number of rotatable bonds is 3. The molecule has 0 aliphatic heterocycles. The maximum absolute atomic E-state index is 11.3. The Morgan fingerprint density at radius 3 is 2.05 bits per heavy atom. The van der Waals surface area contributed by atoms with Crippen LogP contribution >= 0.6 is 15.9 Å². The Morgan fingerprint density at radius 2 is 1.32 bits per heavy atom. The molecule has 22 heavy (non-hydrogen) atoms. The van der Waals surface area contributed by atoms with Crippen molar-refractivity contribution in [3.05, 3.63) is 87.4 Å². The second kappa shape index (κ2) is 6.12. The zero-order valence-electron chi connectivity index (χ0n) is 11.6. The Morgan fingerprint density at radius 1 is 0.727 bits per heavy atom. The molecule has 108 valence electrons. The van der Waals surface area contributed by atoms with Gasteiger partial charge in [-0.15, -0.1) is 0 Å². The van der Waals surface area contributed by atoms with Crippen molar-refractivity contribution in [2.75, 3.05) is 0 Å². The zero-order valence-corrected chi connectivity index (χ0v) is 13.2. The van der Waals surface area contributed by atoms with Gasteiger partial charge in [-0.1, -0.05) is 60.7 Å². The number of nitro benzene ring substituents is 1. The largest absolute Gasteiger partial charge is 0.277 e. The van der Waals surface area contributed by atoms with Gasteiger partial charge in [0.05, 0.1) is 10.5 Å². The molecule has 0 N–H and O–H groups in total. The van der Waals surface area contributed by atoms with E-state index in [9.17, 15) is 10.1 Å². The fourth-order valence-corrected chi connectivity index (χ4v) is 3.15. The molecule has 0 aromatic heterocycles. The average molecular weight is 354 g/mol. The highest BCUT2D eigenvalue weighted by molar-refractivity contribution is 9.10. The minimum Gasteiger partial charge on any atom is -0.258 e. The van der Waals surface area contributed by atoms with E-state index in [0.29, 0.717) is 5.56 Å². The van der Waals surface area contributed by atoms with Crippen LogP contribution in [-0.4, -0.2) is 4.92 Å². The first-order valence-electron chi connectivity index (χ1n) is 6.76. The topological polar surface area (TPSA) is 43.1 Å². The van der Waals surface area contributed by atoms with Crippen LogP contribution in [0.1, 0.15) is 0 Å². The van der Waals surface area contributed by atoms with Crippen LogP contribution in [0, 0.1) is 10.1 Å². The summed E-state index contributed by atoms with van der Waals surface area (Å²) in [5, 5.41) is 11.3. The van der Waals surface area contributed by atoms with E-state index in [1.165, 1.54) is 6.07 Å². The second-order valence-corrected chi connectivity index (χ2v) is 5.60. The molecule has 0 spiro atoms. The van der Waals surface area contributed by atoms with Crippen LogP contribution < -0.4 is 0 Å². The molecular weight excluding hydrogens is 342 g/mol. The minimum atomic E-state index is -0.350. The molecular formula is C18H12BrNO2. The lowest BCUT2D eigenvalue weighted by Crippen LogP contribution is -1.93. The third kappa shape index (κ3) is 2.65. The third-order valence-electron chi connectivity index (χ3n) is 3.47. The molecule has 3 aromatic carbocycles. The lowest BCUT2D eigenvalue weighted by Gasteiger charge is -2.10. The highest BCUT2D eigenvalue weighted by atomic mass is 79.9. The van der Waals surface area contributed by atoms with Gasteiger partial charge in [-0.25, -0.2) is 0 Å². The van der Waals surface area contributed by atoms with Crippen LogP contribution in [0.25, 0.3) is 22.3 Å². The summed E-state index contributed by atoms with van der Waals surface area (Å²) in [5.41, 5.74) is 3.60. The van der Waals surface area contributed by atoms with E-state index < -0.39 is 0 Å². The first kappa shape index (κ1) is 14.5. The molecule has 0 saturated heterocycles. The molecule has 3 rings (SSSR count). The lowest BCUT2D eigenvalue weighted by molar-refractivity contribution is -0.384. The van der Waals surface area contributed by atoms with Crippen molar-refractivity contribution in [1.82, 2.24) is 0 Å². The third-order valence-corrected chi connectivity index (χ3v) is 4.33. The van der Waals surface area contributed by atoms with Gasteiger partial charge in [0.1, 0.15) is 0 Å². The second-order valence-electron chi connectivity index (χ2n) is 4.81. The maximum atomic E-state index is 11.3. The number of nitro groups is 1. The highest BCUT2D eigenvalue weighted by Gasteiger charge is 2.17. The molecule has 0 aliphatic carbocycles. The monoisotopic (exact) mass is 353 g/mol. The minimum absolute atomic E-state index is 0.105. The van der Waals surface area contributed by atoms with Crippen molar-refractivity contribution < 1.29 is 4.92 Å². The number of benzene rings is 3. The standard InChI is InChI=1S/C18H12BrNO2/c19-18-14(13-7-2-1-3-8-13)10-6-11-16(18)15-9-4-5-12-17(15)20(21)22/h1-12H. The fraction of sp³-hybridized carbons (Fsp3) is 0. The molecule has 3 aromatic rings. The van der Waals surface area contributed by atoms with E-state index >= 15 is 0 Å². The van der Waals surface area contributed by atoms with Crippen molar-refractivity contribution in [2.45, 2.75) is 0 Å². The number of nitrogens with zero attached hydrogens (tertiary/aromatic N) is 1. The van der Waals surface area contributed by atoms with Gasteiger partial charge in [0, 0.05) is 16.1 Å². The summed E-state index contributed by atoms with van der Waals surface area (Å²) in [7, 11) is 0. The van der Waals surface area contributed by atoms with E-state index in [2.05, 4.69) is 15.9 Å². The highest BCUT2D eigenvalue weighted by Crippen LogP contribution is 2.39. The molecule has 3 nitrogen and oxygen atoms in total. The summed E-state index contributed by atoms with van der Waals surface area (Å²) < 4.78 is 0.857. The molecule has 0 aliphatic rings. The van der Waals surface area contributed by atoms with Crippen molar-refractivity contribution in [3.8, 4) is 22.3 Å². The van der Waals surface area contributed by atoms with Crippen LogP contribution in [0.5, 0.6) is 0 Å². The molecule has 0 amide bonds. The van der Waals surface area contributed by atoms with Crippen molar-refractivity contribution in [3.63, 3.8) is 0 Å². The Kier molecular flexibility index (Phi) is 4.02. The van der Waals surface area contributed by atoms with Gasteiger partial charge in [-0.2, -0.15) is 0 Å². The van der Waals surface area contributed by atoms with Crippen LogP contribution in [0.2, 0.25) is 0 Å². The van der Waals surface area contributed by atoms with Gasteiger partial charge in [0.15, 0.2) is 0 Å². The summed E-state index contributed by atoms with van der Waals surface area (Å²) in [4.78, 5) is 10.9. The summed E-state index contributed by atoms with van der Waals surface area (Å²) in [6.45, 7) is 0. The van der Waals surface area contributed by atoms with E-state index in [0.717, 1.165) is 21.2 Å². The predicted molar refractivity (Wildman–Crippen MR) is 91.7 cm³/mol. The van der Waals surface area contributed by atoms with Crippen LogP contribution in [0.3, 0.4) is 0 Å². The molecule has 0 atom stereocenters. The molecule has 0 unspecified atom stereocenters. The van der Waals surface area contributed by atoms with Gasteiger partial charge < -0.3 is 0 Å². The van der Waals surface area contributed by atoms with Crippen LogP contribution in [0.4, 0.5) is 5.69 Å². The van der Waals surface area contributed by atoms with Crippen molar-refractivity contribution in [2.24, 2.45) is 0 Å². The normalized spacial score (nSPS) is 10.4. The van der Waals surface area contributed by atoms with E-state index in [1.807, 2.05) is 54.6 Å². The lowest BCUT2D eigenvalue weighted by atomic mass is 9.98. The Balaban J connectivity index is 2.20. The quantitative estimate of drug-likeness (QED) is 0.448. The molecule has 0 fully saturated rings. The summed E-state index contributed by atoms with van der Waals surface area (Å²) in [6.07, 6.45) is 0.